The van der Waals surface area contributed by atoms with Gasteiger partial charge in [0.2, 0.25) is 0 Å². The third-order valence-electron chi connectivity index (χ3n) is 7.72. The molecule has 4 unspecified atom stereocenters. The van der Waals surface area contributed by atoms with Crippen LogP contribution in [0.1, 0.15) is 46.3 Å². The van der Waals surface area contributed by atoms with Gasteiger partial charge in [-0.15, -0.1) is 0 Å². The molecule has 9 heteroatoms. The van der Waals surface area contributed by atoms with Gasteiger partial charge in [-0.25, -0.2) is 0 Å². The lowest BCUT2D eigenvalue weighted by Crippen LogP contribution is -2.47. The van der Waals surface area contributed by atoms with Gasteiger partial charge in [-0.2, -0.15) is 0 Å². The number of aliphatic hydroxyl groups is 1. The molecule has 4 atom stereocenters. The molecule has 0 fully saturated rings. The molecule has 0 radical (unpaired) electrons. The highest BCUT2D eigenvalue weighted by molar-refractivity contribution is 5.67. The third kappa shape index (κ3) is 3.50. The van der Waals surface area contributed by atoms with Gasteiger partial charge in [0.15, 0.2) is 0 Å². The van der Waals surface area contributed by atoms with E-state index in [-0.39, 0.29) is 53.1 Å². The van der Waals surface area contributed by atoms with Gasteiger partial charge in [0, 0.05) is 59.2 Å². The summed E-state index contributed by atoms with van der Waals surface area (Å²) in [5.74, 6) is -1.46. The molecule has 7 rings (SSSR count). The minimum atomic E-state index is -1.40. The smallest absolute Gasteiger partial charge is 0.278 e. The summed E-state index contributed by atoms with van der Waals surface area (Å²) in [5.41, 5.74) is 2.62. The lowest BCUT2D eigenvalue weighted by molar-refractivity contribution is -0.149. The van der Waals surface area contributed by atoms with Crippen molar-refractivity contribution in [2.75, 3.05) is 0 Å². The monoisotopic (exact) mass is 528 g/mol. The topological polar surface area (TPSA) is 149 Å². The second-order valence-electron chi connectivity index (χ2n) is 10.2. The molecule has 198 valence electrons. The van der Waals surface area contributed by atoms with Crippen LogP contribution in [-0.4, -0.2) is 36.7 Å². The van der Waals surface area contributed by atoms with Crippen molar-refractivity contribution in [2.45, 2.75) is 36.8 Å². The van der Waals surface area contributed by atoms with Crippen LogP contribution in [0.4, 0.5) is 0 Å². The molecule has 4 aromatic rings. The Bertz CT molecular complexity index is 1610. The highest BCUT2D eigenvalue weighted by Gasteiger charge is 2.53. The Kier molecular flexibility index (Phi) is 4.86. The van der Waals surface area contributed by atoms with Gasteiger partial charge < -0.3 is 44.8 Å². The average molecular weight is 529 g/mol. The van der Waals surface area contributed by atoms with E-state index in [0.29, 0.717) is 33.6 Å². The normalized spacial score (nSPS) is 24.3. The molecule has 0 aromatic heterocycles. The van der Waals surface area contributed by atoms with E-state index in [1.807, 2.05) is 0 Å². The molecule has 2 bridgehead atoms. The number of aliphatic hydroxyl groups excluding tert-OH is 1. The number of benzene rings is 4. The molecular weight excluding hydrogens is 504 g/mol. The molecule has 3 aliphatic heterocycles. The zero-order chi connectivity index (χ0) is 27.1. The number of phenolic OH excluding ortho intramolecular Hbond substituents is 5. The van der Waals surface area contributed by atoms with Crippen LogP contribution in [0.15, 0.2) is 66.7 Å². The average Bonchev–Trinajstić information content (AvgIpc) is 2.89. The molecule has 9 nitrogen and oxygen atoms in total. The third-order valence-corrected chi connectivity index (χ3v) is 7.72. The summed E-state index contributed by atoms with van der Waals surface area (Å²) in [7, 11) is 0. The molecule has 6 N–H and O–H groups in total. The first-order valence-electron chi connectivity index (χ1n) is 12.5. The predicted molar refractivity (Wildman–Crippen MR) is 137 cm³/mol. The highest BCUT2D eigenvalue weighted by Crippen LogP contribution is 2.62. The molecule has 0 saturated carbocycles. The minimum Gasteiger partial charge on any atom is -0.508 e. The number of aromatic hydroxyl groups is 5. The molecule has 3 aliphatic rings. The zero-order valence-corrected chi connectivity index (χ0v) is 20.4. The fourth-order valence-electron chi connectivity index (χ4n) is 5.96. The summed E-state index contributed by atoms with van der Waals surface area (Å²) in [4.78, 5) is 0. The summed E-state index contributed by atoms with van der Waals surface area (Å²) in [6, 6.07) is 16.8. The van der Waals surface area contributed by atoms with E-state index < -0.39 is 23.9 Å². The second kappa shape index (κ2) is 8.12. The van der Waals surface area contributed by atoms with Gasteiger partial charge in [-0.05, 0) is 42.0 Å². The number of ether oxygens (including phenoxy) is 3. The fraction of sp³-hybridized carbons (Fsp3) is 0.200. The van der Waals surface area contributed by atoms with Crippen LogP contribution in [0.25, 0.3) is 0 Å². The maximum absolute atomic E-state index is 11.0. The molecule has 3 heterocycles. The Balaban J connectivity index is 1.44. The summed E-state index contributed by atoms with van der Waals surface area (Å²) >= 11 is 0. The van der Waals surface area contributed by atoms with Crippen molar-refractivity contribution in [3.63, 3.8) is 0 Å². The predicted octanol–water partition coefficient (Wildman–Crippen LogP) is 4.41. The van der Waals surface area contributed by atoms with Gasteiger partial charge in [0.05, 0.1) is 6.10 Å². The molecule has 0 saturated heterocycles. The Labute approximate surface area is 222 Å². The van der Waals surface area contributed by atoms with Crippen molar-refractivity contribution < 1.29 is 44.8 Å². The van der Waals surface area contributed by atoms with E-state index in [1.54, 1.807) is 24.3 Å². The quantitative estimate of drug-likeness (QED) is 0.222. The van der Waals surface area contributed by atoms with Crippen LogP contribution in [0, 0.1) is 0 Å². The lowest BCUT2D eigenvalue weighted by Gasteiger charge is -2.47. The highest BCUT2D eigenvalue weighted by atomic mass is 16.7. The largest absolute Gasteiger partial charge is 0.508 e. The molecule has 4 aromatic carbocycles. The van der Waals surface area contributed by atoms with Crippen molar-refractivity contribution in [2.24, 2.45) is 0 Å². The Hall–Kier alpha value is -4.76. The van der Waals surface area contributed by atoms with Crippen LogP contribution < -0.4 is 14.2 Å². The number of phenols is 5. The SMILES string of the molecule is Oc1ccc(C2Oc3c(c(O)cc4c3C3CC(c5ccc(O)cc5)(Oc5cc(O)cc(O)c53)O4)CC2O)cc1. The van der Waals surface area contributed by atoms with Gasteiger partial charge >= 0.3 is 0 Å². The van der Waals surface area contributed by atoms with E-state index >= 15 is 0 Å². The second-order valence-corrected chi connectivity index (χ2v) is 10.2. The van der Waals surface area contributed by atoms with E-state index in [9.17, 15) is 30.6 Å². The van der Waals surface area contributed by atoms with Crippen molar-refractivity contribution >= 4 is 0 Å². The lowest BCUT2D eigenvalue weighted by atomic mass is 9.76. The summed E-state index contributed by atoms with van der Waals surface area (Å²) in [6.45, 7) is 0. The Morgan fingerprint density at radius 2 is 1.33 bits per heavy atom. The van der Waals surface area contributed by atoms with Crippen LogP contribution in [0.3, 0.4) is 0 Å². The maximum Gasteiger partial charge on any atom is 0.278 e. The van der Waals surface area contributed by atoms with Crippen LogP contribution >= 0.6 is 0 Å². The van der Waals surface area contributed by atoms with Crippen LogP contribution in [0.2, 0.25) is 0 Å². The molecular formula is C30H24O9. The van der Waals surface area contributed by atoms with Crippen LogP contribution in [0.5, 0.6) is 46.0 Å². The Morgan fingerprint density at radius 3 is 2.03 bits per heavy atom. The molecule has 39 heavy (non-hydrogen) atoms. The molecule has 0 amide bonds. The van der Waals surface area contributed by atoms with Gasteiger partial charge in [-0.1, -0.05) is 12.1 Å². The van der Waals surface area contributed by atoms with E-state index in [0.717, 1.165) is 0 Å². The summed E-state index contributed by atoms with van der Waals surface area (Å²) < 4.78 is 19.2. The Morgan fingerprint density at radius 1 is 0.692 bits per heavy atom. The first-order chi connectivity index (χ1) is 18.7. The van der Waals surface area contributed by atoms with E-state index in [1.165, 1.54) is 42.5 Å². The first-order valence-corrected chi connectivity index (χ1v) is 12.5. The van der Waals surface area contributed by atoms with Crippen LogP contribution in [-0.2, 0) is 12.2 Å². The van der Waals surface area contributed by atoms with E-state index in [2.05, 4.69) is 0 Å². The van der Waals surface area contributed by atoms with E-state index in [4.69, 9.17) is 14.2 Å². The van der Waals surface area contributed by atoms with Crippen molar-refractivity contribution in [1.82, 2.24) is 0 Å². The standard InChI is InChI=1S/C30H24O9/c31-16-5-1-14(2-6-16)28-23(36)11-19-21(34)12-25-27(29(19)37-28)20-13-30(39-25,15-3-7-17(32)8-4-15)38-24-10-18(33)9-22(35)26(20)24/h1-10,12,20,23,28,31-36H,11,13H2. The number of hydrogen-bond acceptors (Lipinski definition) is 9. The minimum absolute atomic E-state index is 0.0633. The number of hydrogen-bond donors (Lipinski definition) is 6. The van der Waals surface area contributed by atoms with Gasteiger partial charge in [0.1, 0.15) is 52.1 Å². The fourth-order valence-corrected chi connectivity index (χ4v) is 5.96. The molecule has 0 aliphatic carbocycles. The zero-order valence-electron chi connectivity index (χ0n) is 20.4. The van der Waals surface area contributed by atoms with Crippen molar-refractivity contribution in [3.05, 3.63) is 94.5 Å². The number of rotatable bonds is 2. The first kappa shape index (κ1) is 23.4. The van der Waals surface area contributed by atoms with Crippen molar-refractivity contribution in [3.8, 4) is 46.0 Å². The molecule has 0 spiro atoms. The maximum atomic E-state index is 11.0. The van der Waals surface area contributed by atoms with Crippen molar-refractivity contribution in [1.29, 1.82) is 0 Å². The summed E-state index contributed by atoms with van der Waals surface area (Å²) in [6.07, 6.45) is -1.46. The summed E-state index contributed by atoms with van der Waals surface area (Å²) in [5, 5.41) is 62.7. The van der Waals surface area contributed by atoms with Gasteiger partial charge in [0.25, 0.3) is 5.79 Å². The number of fused-ring (bicyclic) bond motifs is 8. The van der Waals surface area contributed by atoms with Gasteiger partial charge in [-0.3, -0.25) is 0 Å².